The van der Waals surface area contributed by atoms with Crippen LogP contribution in [0.25, 0.3) is 0 Å². The van der Waals surface area contributed by atoms with Crippen LogP contribution in [-0.4, -0.2) is 60.6 Å². The molecule has 7 heteroatoms. The number of likely N-dealkylation sites (tertiary alicyclic amines) is 1. The molecule has 22 heavy (non-hydrogen) atoms. The average molecular weight is 314 g/mol. The van der Waals surface area contributed by atoms with Crippen LogP contribution in [0, 0.1) is 17.8 Å². The average Bonchev–Trinajstić information content (AvgIpc) is 2.43. The minimum Gasteiger partial charge on any atom is -0.481 e. The third kappa shape index (κ3) is 4.98. The van der Waals surface area contributed by atoms with Crippen LogP contribution in [-0.2, 0) is 19.1 Å². The summed E-state index contributed by atoms with van der Waals surface area (Å²) in [6.45, 7) is 6.23. The van der Waals surface area contributed by atoms with Crippen molar-refractivity contribution in [1.29, 1.82) is 0 Å². The second-order valence-corrected chi connectivity index (χ2v) is 6.34. The Morgan fingerprint density at radius 3 is 2.45 bits per heavy atom. The van der Waals surface area contributed by atoms with Gasteiger partial charge in [0.05, 0.1) is 5.92 Å². The summed E-state index contributed by atoms with van der Waals surface area (Å²) in [5.41, 5.74) is 0. The lowest BCUT2D eigenvalue weighted by atomic mass is 9.89. The van der Waals surface area contributed by atoms with Gasteiger partial charge in [-0.05, 0) is 18.3 Å². The van der Waals surface area contributed by atoms with Gasteiger partial charge < -0.3 is 20.1 Å². The molecule has 126 valence electrons. The lowest BCUT2D eigenvalue weighted by Crippen LogP contribution is -2.55. The van der Waals surface area contributed by atoms with Crippen LogP contribution in [0.2, 0.25) is 0 Å². The normalized spacial score (nSPS) is 23.2. The molecule has 0 bridgehead atoms. The van der Waals surface area contributed by atoms with Gasteiger partial charge in [0.25, 0.3) is 0 Å². The summed E-state index contributed by atoms with van der Waals surface area (Å²) in [6, 6.07) is -0.664. The number of hydrogen-bond donors (Lipinski definition) is 2. The van der Waals surface area contributed by atoms with Gasteiger partial charge in [-0.2, -0.15) is 0 Å². The van der Waals surface area contributed by atoms with E-state index in [0.717, 1.165) is 0 Å². The number of amides is 2. The summed E-state index contributed by atoms with van der Waals surface area (Å²) in [6.07, 6.45) is 0.571. The molecule has 0 aromatic rings. The minimum atomic E-state index is -0.881. The van der Waals surface area contributed by atoms with E-state index in [1.807, 2.05) is 20.8 Å². The molecule has 1 aliphatic rings. The molecule has 0 aliphatic carbocycles. The number of piperidine rings is 1. The summed E-state index contributed by atoms with van der Waals surface area (Å²) < 4.78 is 4.76. The largest absolute Gasteiger partial charge is 0.481 e. The van der Waals surface area contributed by atoms with Crippen molar-refractivity contribution in [1.82, 2.24) is 10.2 Å². The second-order valence-electron chi connectivity index (χ2n) is 6.34. The SMILES string of the molecule is COCC(=O)N[C@H](C(=O)N1CC(C)CC(C(=O)O)C1)C(C)C. The highest BCUT2D eigenvalue weighted by atomic mass is 16.5. The molecule has 0 radical (unpaired) electrons. The number of nitrogens with one attached hydrogen (secondary N) is 1. The molecule has 0 spiro atoms. The Kier molecular flexibility index (Phi) is 6.80. The van der Waals surface area contributed by atoms with Crippen molar-refractivity contribution in [2.45, 2.75) is 33.2 Å². The smallest absolute Gasteiger partial charge is 0.308 e. The molecule has 3 atom stereocenters. The Morgan fingerprint density at radius 1 is 1.32 bits per heavy atom. The molecule has 2 N–H and O–H groups in total. The Labute approximate surface area is 131 Å². The Bertz CT molecular complexity index is 424. The van der Waals surface area contributed by atoms with Crippen molar-refractivity contribution in [2.75, 3.05) is 26.8 Å². The molecule has 1 rings (SSSR count). The maximum absolute atomic E-state index is 12.7. The number of rotatable bonds is 6. The first-order chi connectivity index (χ1) is 10.3. The van der Waals surface area contributed by atoms with E-state index in [1.54, 1.807) is 4.90 Å². The molecule has 2 amide bonds. The molecule has 7 nitrogen and oxygen atoms in total. The van der Waals surface area contributed by atoms with E-state index < -0.39 is 17.9 Å². The first-order valence-electron chi connectivity index (χ1n) is 7.56. The zero-order valence-corrected chi connectivity index (χ0v) is 13.7. The zero-order valence-electron chi connectivity index (χ0n) is 13.7. The van der Waals surface area contributed by atoms with Crippen LogP contribution in [0.4, 0.5) is 0 Å². The summed E-state index contributed by atoms with van der Waals surface area (Å²) in [5.74, 6) is -1.97. The number of methoxy groups -OCH3 is 1. The molecular formula is C15H26N2O5. The fourth-order valence-corrected chi connectivity index (χ4v) is 2.77. The van der Waals surface area contributed by atoms with Crippen LogP contribution in [0.15, 0.2) is 0 Å². The van der Waals surface area contributed by atoms with Crippen molar-refractivity contribution in [3.05, 3.63) is 0 Å². The predicted octanol–water partition coefficient (Wildman–Crippen LogP) is 0.343. The number of nitrogens with zero attached hydrogens (tertiary/aromatic N) is 1. The molecule has 0 aromatic carbocycles. The van der Waals surface area contributed by atoms with Crippen LogP contribution >= 0.6 is 0 Å². The quantitative estimate of drug-likeness (QED) is 0.737. The van der Waals surface area contributed by atoms with Gasteiger partial charge in [0.2, 0.25) is 11.8 Å². The van der Waals surface area contributed by atoms with E-state index in [1.165, 1.54) is 7.11 Å². The van der Waals surface area contributed by atoms with E-state index in [0.29, 0.717) is 13.0 Å². The van der Waals surface area contributed by atoms with E-state index in [2.05, 4.69) is 5.32 Å². The molecule has 0 aromatic heterocycles. The monoisotopic (exact) mass is 314 g/mol. The van der Waals surface area contributed by atoms with Crippen molar-refractivity contribution in [2.24, 2.45) is 17.8 Å². The van der Waals surface area contributed by atoms with E-state index in [-0.39, 0.29) is 36.8 Å². The summed E-state index contributed by atoms with van der Waals surface area (Å²) in [5, 5.41) is 11.9. The van der Waals surface area contributed by atoms with E-state index >= 15 is 0 Å². The molecule has 0 saturated carbocycles. The highest BCUT2D eigenvalue weighted by Crippen LogP contribution is 2.23. The van der Waals surface area contributed by atoms with E-state index in [9.17, 15) is 19.5 Å². The number of hydrogen-bond acceptors (Lipinski definition) is 4. The Morgan fingerprint density at radius 2 is 1.95 bits per heavy atom. The van der Waals surface area contributed by atoms with Crippen molar-refractivity contribution >= 4 is 17.8 Å². The topological polar surface area (TPSA) is 95.9 Å². The number of carbonyl (C=O) groups is 3. The highest BCUT2D eigenvalue weighted by Gasteiger charge is 2.36. The lowest BCUT2D eigenvalue weighted by molar-refractivity contribution is -0.148. The second kappa shape index (κ2) is 8.12. The van der Waals surface area contributed by atoms with Gasteiger partial charge in [-0.25, -0.2) is 0 Å². The van der Waals surface area contributed by atoms with Crippen LogP contribution in [0.1, 0.15) is 27.2 Å². The maximum Gasteiger partial charge on any atom is 0.308 e. The fourth-order valence-electron chi connectivity index (χ4n) is 2.77. The molecular weight excluding hydrogens is 288 g/mol. The summed E-state index contributed by atoms with van der Waals surface area (Å²) in [4.78, 5) is 37.1. The first-order valence-corrected chi connectivity index (χ1v) is 7.56. The van der Waals surface area contributed by atoms with Gasteiger partial charge in [0, 0.05) is 20.2 Å². The van der Waals surface area contributed by atoms with Gasteiger partial charge in [-0.15, -0.1) is 0 Å². The fraction of sp³-hybridized carbons (Fsp3) is 0.800. The Balaban J connectivity index is 2.80. The highest BCUT2D eigenvalue weighted by molar-refractivity contribution is 5.88. The number of carboxylic acid groups (broad SMARTS) is 1. The van der Waals surface area contributed by atoms with Crippen molar-refractivity contribution in [3.8, 4) is 0 Å². The van der Waals surface area contributed by atoms with Gasteiger partial charge in [-0.3, -0.25) is 14.4 Å². The Hall–Kier alpha value is -1.63. The van der Waals surface area contributed by atoms with Gasteiger partial charge in [0.15, 0.2) is 0 Å². The zero-order chi connectivity index (χ0) is 16.9. The number of carboxylic acids is 1. The first kappa shape index (κ1) is 18.4. The van der Waals surface area contributed by atoms with Crippen LogP contribution in [0.5, 0.6) is 0 Å². The van der Waals surface area contributed by atoms with Gasteiger partial charge in [-0.1, -0.05) is 20.8 Å². The third-order valence-electron chi connectivity index (χ3n) is 3.85. The number of carbonyl (C=O) groups excluding carboxylic acids is 2. The van der Waals surface area contributed by atoms with Crippen LogP contribution < -0.4 is 5.32 Å². The van der Waals surface area contributed by atoms with Crippen molar-refractivity contribution < 1.29 is 24.2 Å². The van der Waals surface area contributed by atoms with Gasteiger partial charge in [0.1, 0.15) is 12.6 Å². The van der Waals surface area contributed by atoms with Crippen LogP contribution in [0.3, 0.4) is 0 Å². The predicted molar refractivity (Wildman–Crippen MR) is 80.1 cm³/mol. The maximum atomic E-state index is 12.7. The molecule has 2 unspecified atom stereocenters. The lowest BCUT2D eigenvalue weighted by Gasteiger charge is -2.37. The molecule has 1 aliphatic heterocycles. The third-order valence-corrected chi connectivity index (χ3v) is 3.85. The van der Waals surface area contributed by atoms with Crippen molar-refractivity contribution in [3.63, 3.8) is 0 Å². The number of ether oxygens (including phenoxy) is 1. The standard InChI is InChI=1S/C15H26N2O5/c1-9(2)13(16-12(18)8-22-4)14(19)17-6-10(3)5-11(7-17)15(20)21/h9-11,13H,5-8H2,1-4H3,(H,16,18)(H,20,21)/t10?,11?,13-/m0/s1. The molecule has 1 saturated heterocycles. The van der Waals surface area contributed by atoms with E-state index in [4.69, 9.17) is 4.74 Å². The molecule has 1 heterocycles. The summed E-state index contributed by atoms with van der Waals surface area (Å²) >= 11 is 0. The van der Waals surface area contributed by atoms with Gasteiger partial charge >= 0.3 is 5.97 Å². The molecule has 1 fully saturated rings. The summed E-state index contributed by atoms with van der Waals surface area (Å²) in [7, 11) is 1.41. The number of aliphatic carboxylic acids is 1. The minimum absolute atomic E-state index is 0.0891.